The maximum absolute atomic E-state index is 12.0. The number of allylic oxidation sites excluding steroid dienone is 12. The first-order valence-corrected chi connectivity index (χ1v) is 14.5. The number of rotatable bonds is 24. The van der Waals surface area contributed by atoms with Crippen molar-refractivity contribution in [3.63, 3.8) is 0 Å². The zero-order valence-electron chi connectivity index (χ0n) is 23.9. The van der Waals surface area contributed by atoms with Gasteiger partial charge in [-0.2, -0.15) is 0 Å². The van der Waals surface area contributed by atoms with E-state index in [1.807, 2.05) is 12.2 Å². The zero-order chi connectivity index (χ0) is 27.9. The molecule has 0 saturated heterocycles. The smallest absolute Gasteiger partial charge is 0.306 e. The highest BCUT2D eigenvalue weighted by Crippen LogP contribution is 2.07. The van der Waals surface area contributed by atoms with Gasteiger partial charge in [0.1, 0.15) is 6.61 Å². The predicted molar refractivity (Wildman–Crippen MR) is 159 cm³/mol. The number of aliphatic hydroxyl groups is 1. The Bertz CT molecular complexity index is 742. The summed E-state index contributed by atoms with van der Waals surface area (Å²) in [7, 11) is 0. The number of ether oxygens (including phenoxy) is 2. The largest absolute Gasteiger partial charge is 0.462 e. The Balaban J connectivity index is 3.81. The highest BCUT2D eigenvalue weighted by atomic mass is 16.6. The summed E-state index contributed by atoms with van der Waals surface area (Å²) in [6.07, 6.45) is 37.1. The number of carbonyl (C=O) groups is 2. The minimum absolute atomic E-state index is 0.101. The van der Waals surface area contributed by atoms with Gasteiger partial charge in [0.25, 0.3) is 0 Å². The highest BCUT2D eigenvalue weighted by Gasteiger charge is 2.15. The molecule has 0 aliphatic rings. The van der Waals surface area contributed by atoms with Crippen molar-refractivity contribution in [2.24, 2.45) is 0 Å². The summed E-state index contributed by atoms with van der Waals surface area (Å²) < 4.78 is 10.3. The molecular formula is C33H52O5. The lowest BCUT2D eigenvalue weighted by Gasteiger charge is -2.15. The SMILES string of the molecule is CC/C=C\C/C=C\C/C=C\C/C=C\C/C=C\C/C=C\CCC(=O)OC(CO)COC(=O)CCCCCCC. The van der Waals surface area contributed by atoms with Gasteiger partial charge in [-0.3, -0.25) is 9.59 Å². The van der Waals surface area contributed by atoms with Crippen LogP contribution in [-0.4, -0.2) is 36.4 Å². The normalized spacial score (nSPS) is 13.2. The number of aliphatic hydroxyl groups excluding tert-OH is 1. The van der Waals surface area contributed by atoms with Crippen LogP contribution in [0.5, 0.6) is 0 Å². The van der Waals surface area contributed by atoms with E-state index in [4.69, 9.17) is 9.47 Å². The Morgan fingerprint density at radius 3 is 1.63 bits per heavy atom. The van der Waals surface area contributed by atoms with Crippen molar-refractivity contribution >= 4 is 11.9 Å². The number of esters is 2. The molecule has 38 heavy (non-hydrogen) atoms. The van der Waals surface area contributed by atoms with E-state index in [2.05, 4.69) is 74.6 Å². The second kappa shape index (κ2) is 28.9. The van der Waals surface area contributed by atoms with E-state index in [1.54, 1.807) is 0 Å². The number of hydrogen-bond acceptors (Lipinski definition) is 5. The molecule has 1 N–H and O–H groups in total. The standard InChI is InChI=1S/C33H52O5/c1-3-5-7-9-10-11-12-13-14-15-16-17-18-19-20-21-22-24-26-28-33(36)38-31(29-34)30-37-32(35)27-25-23-8-6-4-2/h5,7,10-11,13-14,16-17,19-20,22,24,31,34H,3-4,6,8-9,12,15,18,21,23,25-30H2,1-2H3/b7-5-,11-10-,14-13-,17-16-,20-19-,24-22-. The predicted octanol–water partition coefficient (Wildman–Crippen LogP) is 8.27. The lowest BCUT2D eigenvalue weighted by Crippen LogP contribution is -2.28. The van der Waals surface area contributed by atoms with Crippen LogP contribution in [0.4, 0.5) is 0 Å². The third-order valence-electron chi connectivity index (χ3n) is 5.53. The van der Waals surface area contributed by atoms with E-state index in [1.165, 1.54) is 6.42 Å². The van der Waals surface area contributed by atoms with Crippen LogP contribution in [0.2, 0.25) is 0 Å². The van der Waals surface area contributed by atoms with Gasteiger partial charge in [0, 0.05) is 12.8 Å². The maximum atomic E-state index is 12.0. The molecule has 0 rings (SSSR count). The fourth-order valence-corrected chi connectivity index (χ4v) is 3.34. The molecule has 0 aliphatic heterocycles. The average molecular weight is 529 g/mol. The monoisotopic (exact) mass is 528 g/mol. The molecule has 0 aromatic heterocycles. The Kier molecular flexibility index (Phi) is 26.9. The summed E-state index contributed by atoms with van der Waals surface area (Å²) in [4.78, 5) is 23.7. The Morgan fingerprint density at radius 2 is 1.13 bits per heavy atom. The molecule has 0 amide bonds. The van der Waals surface area contributed by atoms with E-state index in [-0.39, 0.29) is 25.6 Å². The van der Waals surface area contributed by atoms with Crippen LogP contribution in [0.15, 0.2) is 72.9 Å². The third kappa shape index (κ3) is 26.4. The Hall–Kier alpha value is -2.66. The van der Waals surface area contributed by atoms with Gasteiger partial charge in [0.15, 0.2) is 6.10 Å². The van der Waals surface area contributed by atoms with Crippen molar-refractivity contribution in [3.8, 4) is 0 Å². The summed E-state index contributed by atoms with van der Waals surface area (Å²) >= 11 is 0. The van der Waals surface area contributed by atoms with Gasteiger partial charge in [0.2, 0.25) is 0 Å². The van der Waals surface area contributed by atoms with Crippen molar-refractivity contribution in [3.05, 3.63) is 72.9 Å². The van der Waals surface area contributed by atoms with Gasteiger partial charge in [-0.25, -0.2) is 0 Å². The molecule has 5 nitrogen and oxygen atoms in total. The van der Waals surface area contributed by atoms with Crippen LogP contribution in [-0.2, 0) is 19.1 Å². The van der Waals surface area contributed by atoms with E-state index in [9.17, 15) is 14.7 Å². The van der Waals surface area contributed by atoms with Gasteiger partial charge in [-0.1, -0.05) is 112 Å². The first-order valence-electron chi connectivity index (χ1n) is 14.5. The van der Waals surface area contributed by atoms with Crippen LogP contribution >= 0.6 is 0 Å². The Morgan fingerprint density at radius 1 is 0.632 bits per heavy atom. The van der Waals surface area contributed by atoms with Crippen LogP contribution in [0.1, 0.15) is 104 Å². The molecule has 214 valence electrons. The van der Waals surface area contributed by atoms with Gasteiger partial charge in [-0.15, -0.1) is 0 Å². The van der Waals surface area contributed by atoms with E-state index < -0.39 is 12.1 Å². The van der Waals surface area contributed by atoms with Crippen LogP contribution < -0.4 is 0 Å². The fraction of sp³-hybridized carbons (Fsp3) is 0.576. The molecule has 1 atom stereocenters. The van der Waals surface area contributed by atoms with Crippen molar-refractivity contribution in [2.75, 3.05) is 13.2 Å². The van der Waals surface area contributed by atoms with Gasteiger partial charge < -0.3 is 14.6 Å². The van der Waals surface area contributed by atoms with Crippen LogP contribution in [0, 0.1) is 0 Å². The van der Waals surface area contributed by atoms with Crippen molar-refractivity contribution < 1.29 is 24.2 Å². The molecule has 5 heteroatoms. The number of hydrogen-bond donors (Lipinski definition) is 1. The molecule has 0 aromatic carbocycles. The van der Waals surface area contributed by atoms with Gasteiger partial charge in [-0.05, 0) is 51.4 Å². The van der Waals surface area contributed by atoms with Crippen LogP contribution in [0.3, 0.4) is 0 Å². The van der Waals surface area contributed by atoms with Crippen LogP contribution in [0.25, 0.3) is 0 Å². The van der Waals surface area contributed by atoms with Crippen molar-refractivity contribution in [1.82, 2.24) is 0 Å². The fourth-order valence-electron chi connectivity index (χ4n) is 3.34. The number of carbonyl (C=O) groups excluding carboxylic acids is 2. The third-order valence-corrected chi connectivity index (χ3v) is 5.53. The molecule has 0 bridgehead atoms. The highest BCUT2D eigenvalue weighted by molar-refractivity contribution is 5.70. The summed E-state index contributed by atoms with van der Waals surface area (Å²) in [5, 5.41) is 9.39. The number of unbranched alkanes of at least 4 members (excludes halogenated alkanes) is 4. The summed E-state index contributed by atoms with van der Waals surface area (Å²) in [5.41, 5.74) is 0. The van der Waals surface area contributed by atoms with Gasteiger partial charge >= 0.3 is 11.9 Å². The average Bonchev–Trinajstić information content (AvgIpc) is 2.92. The summed E-state index contributed by atoms with van der Waals surface area (Å²) in [5.74, 6) is -0.715. The van der Waals surface area contributed by atoms with E-state index >= 15 is 0 Å². The molecule has 1 unspecified atom stereocenters. The maximum Gasteiger partial charge on any atom is 0.306 e. The molecule has 0 saturated carbocycles. The van der Waals surface area contributed by atoms with E-state index in [0.717, 1.165) is 64.2 Å². The molecule has 0 fully saturated rings. The molecule has 0 spiro atoms. The topological polar surface area (TPSA) is 72.8 Å². The minimum Gasteiger partial charge on any atom is -0.462 e. The lowest BCUT2D eigenvalue weighted by atomic mass is 10.1. The van der Waals surface area contributed by atoms with E-state index in [0.29, 0.717) is 12.8 Å². The Labute approximate surface area is 232 Å². The second-order valence-corrected chi connectivity index (χ2v) is 9.10. The molecule has 0 radical (unpaired) electrons. The molecule has 0 aromatic rings. The molecule has 0 heterocycles. The van der Waals surface area contributed by atoms with Gasteiger partial charge in [0.05, 0.1) is 6.61 Å². The second-order valence-electron chi connectivity index (χ2n) is 9.10. The zero-order valence-corrected chi connectivity index (χ0v) is 23.9. The quantitative estimate of drug-likeness (QED) is 0.0775. The van der Waals surface area contributed by atoms with Crippen molar-refractivity contribution in [1.29, 1.82) is 0 Å². The minimum atomic E-state index is -0.809. The summed E-state index contributed by atoms with van der Waals surface area (Å²) in [6, 6.07) is 0. The lowest BCUT2D eigenvalue weighted by molar-refractivity contribution is -0.161. The molecule has 0 aliphatic carbocycles. The first-order chi connectivity index (χ1) is 18.6. The first kappa shape index (κ1) is 35.3. The van der Waals surface area contributed by atoms with Crippen molar-refractivity contribution in [2.45, 2.75) is 110 Å². The summed E-state index contributed by atoms with van der Waals surface area (Å²) in [6.45, 7) is 3.82. The molecular weight excluding hydrogens is 476 g/mol.